The van der Waals surface area contributed by atoms with Gasteiger partial charge in [-0.15, -0.1) is 0 Å². The molecular weight excluding hydrogens is 272 g/mol. The summed E-state index contributed by atoms with van der Waals surface area (Å²) in [4.78, 5) is 0. The van der Waals surface area contributed by atoms with E-state index in [9.17, 15) is 10.2 Å². The van der Waals surface area contributed by atoms with Crippen LogP contribution in [0.15, 0.2) is 47.1 Å². The summed E-state index contributed by atoms with van der Waals surface area (Å²) < 4.78 is 0. The van der Waals surface area contributed by atoms with Crippen molar-refractivity contribution in [2.75, 3.05) is 0 Å². The molecule has 0 spiro atoms. The van der Waals surface area contributed by atoms with Crippen LogP contribution < -0.4 is 0 Å². The van der Waals surface area contributed by atoms with Crippen LogP contribution in [0, 0.1) is 6.92 Å². The molecule has 0 aliphatic heterocycles. The van der Waals surface area contributed by atoms with E-state index >= 15 is 0 Å². The molecule has 0 saturated carbocycles. The lowest BCUT2D eigenvalue weighted by Gasteiger charge is -2.08. The lowest BCUT2D eigenvalue weighted by atomic mass is 10.0. The van der Waals surface area contributed by atoms with Crippen LogP contribution in [0.2, 0.25) is 0 Å². The Morgan fingerprint density at radius 2 is 1.50 bits per heavy atom. The molecule has 0 unspecified atom stereocenters. The first-order valence-corrected chi connectivity index (χ1v) is 7.75. The number of hydrogen-bond acceptors (Lipinski definition) is 2. The summed E-state index contributed by atoms with van der Waals surface area (Å²) in [6.45, 7) is 10.4. The van der Waals surface area contributed by atoms with Gasteiger partial charge in [0.2, 0.25) is 0 Å². The van der Waals surface area contributed by atoms with Crippen LogP contribution in [-0.2, 0) is 6.42 Å². The minimum Gasteiger partial charge on any atom is -0.508 e. The van der Waals surface area contributed by atoms with Gasteiger partial charge in [-0.1, -0.05) is 34.9 Å². The van der Waals surface area contributed by atoms with Gasteiger partial charge in [0.05, 0.1) is 0 Å². The molecule has 120 valence electrons. The van der Waals surface area contributed by atoms with Crippen molar-refractivity contribution in [2.24, 2.45) is 0 Å². The number of rotatable bonds is 6. The van der Waals surface area contributed by atoms with E-state index in [2.05, 4.69) is 45.9 Å². The quantitative estimate of drug-likeness (QED) is 0.672. The van der Waals surface area contributed by atoms with E-state index < -0.39 is 0 Å². The van der Waals surface area contributed by atoms with Gasteiger partial charge in [0.1, 0.15) is 11.5 Å². The number of aryl methyl sites for hydroxylation is 1. The Morgan fingerprint density at radius 3 is 2.09 bits per heavy atom. The maximum atomic E-state index is 9.92. The first-order valence-electron chi connectivity index (χ1n) is 7.75. The average molecular weight is 300 g/mol. The van der Waals surface area contributed by atoms with Crippen molar-refractivity contribution in [3.63, 3.8) is 0 Å². The highest BCUT2D eigenvalue weighted by Crippen LogP contribution is 2.27. The predicted octanol–water partition coefficient (Wildman–Crippen LogP) is 5.59. The van der Waals surface area contributed by atoms with Crippen LogP contribution in [-0.4, -0.2) is 10.2 Å². The Labute approximate surface area is 134 Å². The number of phenols is 2. The minimum absolute atomic E-state index is 0.109. The highest BCUT2D eigenvalue weighted by molar-refractivity contribution is 5.45. The first kappa shape index (κ1) is 18.1. The van der Waals surface area contributed by atoms with Gasteiger partial charge >= 0.3 is 0 Å². The average Bonchev–Trinajstić information content (AvgIpc) is 2.41. The van der Waals surface area contributed by atoms with E-state index in [0.717, 1.165) is 24.0 Å². The van der Waals surface area contributed by atoms with Gasteiger partial charge in [-0.05, 0) is 65.5 Å². The molecule has 0 aromatic heterocycles. The molecule has 0 fully saturated rings. The molecule has 0 aliphatic rings. The second-order valence-electron chi connectivity index (χ2n) is 6.26. The number of allylic oxidation sites excluding steroid dienone is 6. The fraction of sp³-hybridized carbons (Fsp3) is 0.400. The molecule has 2 nitrogen and oxygen atoms in total. The Bertz CT molecular complexity index is 577. The Hall–Kier alpha value is -1.96. The minimum atomic E-state index is 0.109. The fourth-order valence-corrected chi connectivity index (χ4v) is 2.19. The van der Waals surface area contributed by atoms with Crippen molar-refractivity contribution in [1.29, 1.82) is 0 Å². The highest BCUT2D eigenvalue weighted by atomic mass is 16.3. The van der Waals surface area contributed by atoms with Gasteiger partial charge in [-0.3, -0.25) is 0 Å². The standard InChI is InChI=1S/C20H28O2/c1-14(2)6-7-15(3)8-9-16(4)10-11-19-17(5)12-18(21)13-20(19)22/h6,8,10,12-13,21-22H,7,9,11H2,1-5H3/b15-8+,16-10+. The lowest BCUT2D eigenvalue weighted by Crippen LogP contribution is -1.89. The first-order chi connectivity index (χ1) is 10.3. The zero-order valence-corrected chi connectivity index (χ0v) is 14.4. The van der Waals surface area contributed by atoms with Gasteiger partial charge in [0.25, 0.3) is 0 Å². The molecule has 1 aromatic carbocycles. The van der Waals surface area contributed by atoms with Gasteiger partial charge in [-0.25, -0.2) is 0 Å². The number of hydrogen-bond donors (Lipinski definition) is 2. The molecule has 0 bridgehead atoms. The molecule has 0 radical (unpaired) electrons. The number of benzene rings is 1. The molecule has 2 N–H and O–H groups in total. The van der Waals surface area contributed by atoms with Crippen molar-refractivity contribution in [3.05, 3.63) is 58.2 Å². The van der Waals surface area contributed by atoms with Crippen LogP contribution >= 0.6 is 0 Å². The van der Waals surface area contributed by atoms with Gasteiger partial charge in [-0.2, -0.15) is 0 Å². The summed E-state index contributed by atoms with van der Waals surface area (Å²) in [5.74, 6) is 0.272. The third-order valence-corrected chi connectivity index (χ3v) is 3.69. The van der Waals surface area contributed by atoms with Crippen molar-refractivity contribution in [2.45, 2.75) is 53.9 Å². The number of aromatic hydroxyl groups is 2. The summed E-state index contributed by atoms with van der Waals surface area (Å²) in [5.41, 5.74) is 5.79. The summed E-state index contributed by atoms with van der Waals surface area (Å²) in [7, 11) is 0. The smallest absolute Gasteiger partial charge is 0.123 e. The third kappa shape index (κ3) is 6.21. The molecule has 0 heterocycles. The van der Waals surface area contributed by atoms with Crippen LogP contribution in [0.3, 0.4) is 0 Å². The number of phenolic OH excluding ortho intramolecular Hbond substituents is 2. The second-order valence-corrected chi connectivity index (χ2v) is 6.26. The van der Waals surface area contributed by atoms with Crippen molar-refractivity contribution >= 4 is 0 Å². The predicted molar refractivity (Wildman–Crippen MR) is 94.4 cm³/mol. The third-order valence-electron chi connectivity index (χ3n) is 3.69. The normalized spacial score (nSPS) is 12.4. The van der Waals surface area contributed by atoms with E-state index in [1.54, 1.807) is 6.07 Å². The van der Waals surface area contributed by atoms with E-state index in [4.69, 9.17) is 0 Å². The molecule has 1 aromatic rings. The zero-order valence-electron chi connectivity index (χ0n) is 14.4. The molecule has 2 heteroatoms. The largest absolute Gasteiger partial charge is 0.508 e. The van der Waals surface area contributed by atoms with E-state index in [1.807, 2.05) is 6.92 Å². The Balaban J connectivity index is 2.67. The fourth-order valence-electron chi connectivity index (χ4n) is 2.19. The molecule has 0 aliphatic carbocycles. The second kappa shape index (κ2) is 8.47. The van der Waals surface area contributed by atoms with E-state index in [0.29, 0.717) is 6.42 Å². The summed E-state index contributed by atoms with van der Waals surface area (Å²) in [6, 6.07) is 3.08. The van der Waals surface area contributed by atoms with Crippen LogP contribution in [0.25, 0.3) is 0 Å². The van der Waals surface area contributed by atoms with Crippen LogP contribution in [0.5, 0.6) is 11.5 Å². The Kier molecular flexibility index (Phi) is 6.97. The lowest BCUT2D eigenvalue weighted by molar-refractivity contribution is 0.446. The maximum absolute atomic E-state index is 9.92. The Morgan fingerprint density at radius 1 is 0.909 bits per heavy atom. The summed E-state index contributed by atoms with van der Waals surface area (Å²) >= 11 is 0. The summed E-state index contributed by atoms with van der Waals surface area (Å²) in [6.07, 6.45) is 9.26. The van der Waals surface area contributed by atoms with Crippen molar-refractivity contribution in [1.82, 2.24) is 0 Å². The summed E-state index contributed by atoms with van der Waals surface area (Å²) in [5, 5.41) is 19.4. The van der Waals surface area contributed by atoms with Gasteiger partial charge in [0.15, 0.2) is 0 Å². The highest BCUT2D eigenvalue weighted by Gasteiger charge is 2.05. The maximum Gasteiger partial charge on any atom is 0.123 e. The van der Waals surface area contributed by atoms with E-state index in [1.165, 1.54) is 22.8 Å². The van der Waals surface area contributed by atoms with E-state index in [-0.39, 0.29) is 11.5 Å². The van der Waals surface area contributed by atoms with Gasteiger partial charge in [0, 0.05) is 11.6 Å². The molecular formula is C20H28O2. The van der Waals surface area contributed by atoms with Crippen LogP contribution in [0.4, 0.5) is 0 Å². The zero-order chi connectivity index (χ0) is 16.7. The SMILES string of the molecule is CC(C)=CC/C(C)=C/C/C(C)=C/Cc1c(C)cc(O)cc1O. The molecule has 22 heavy (non-hydrogen) atoms. The van der Waals surface area contributed by atoms with Gasteiger partial charge < -0.3 is 10.2 Å². The van der Waals surface area contributed by atoms with Crippen LogP contribution in [0.1, 0.15) is 51.7 Å². The topological polar surface area (TPSA) is 40.5 Å². The molecule has 1 rings (SSSR count). The monoisotopic (exact) mass is 300 g/mol. The molecule has 0 atom stereocenters. The molecule has 0 saturated heterocycles. The molecule has 0 amide bonds. The van der Waals surface area contributed by atoms with Crippen molar-refractivity contribution in [3.8, 4) is 11.5 Å². The van der Waals surface area contributed by atoms with Crippen molar-refractivity contribution < 1.29 is 10.2 Å².